The van der Waals surface area contributed by atoms with Gasteiger partial charge in [-0.1, -0.05) is 0 Å². The van der Waals surface area contributed by atoms with E-state index in [1.165, 1.54) is 4.57 Å². The molecule has 1 aliphatic rings. The van der Waals surface area contributed by atoms with Gasteiger partial charge in [0, 0.05) is 50.0 Å². The fourth-order valence-electron chi connectivity index (χ4n) is 2.79. The molecule has 0 saturated carbocycles. The Morgan fingerprint density at radius 1 is 1.23 bits per heavy atom. The van der Waals surface area contributed by atoms with Gasteiger partial charge in [0.15, 0.2) is 0 Å². The van der Waals surface area contributed by atoms with Crippen molar-refractivity contribution in [3.63, 3.8) is 0 Å². The summed E-state index contributed by atoms with van der Waals surface area (Å²) in [6, 6.07) is 7.72. The molecule has 1 aliphatic heterocycles. The number of rotatable bonds is 4. The highest BCUT2D eigenvalue weighted by molar-refractivity contribution is 5.85. The molecule has 0 atom stereocenters. The number of aliphatic carboxylic acids is 1. The molecule has 1 aromatic heterocycles. The molecule has 3 rings (SSSR count). The van der Waals surface area contributed by atoms with Crippen molar-refractivity contribution < 1.29 is 9.90 Å². The minimum Gasteiger partial charge on any atom is -0.481 e. The molecule has 116 valence electrons. The van der Waals surface area contributed by atoms with Gasteiger partial charge in [-0.15, -0.1) is 0 Å². The standard InChI is InChI=1S/C16H19N3O3/c20-15(21)4-8-19-7-3-12-11-13(1-2-14(12)16(19)22)18-9-5-17-6-10-18/h1-3,7,11,17H,4-6,8-10H2,(H,20,21). The number of piperazine rings is 1. The number of hydrogen-bond donors (Lipinski definition) is 2. The van der Waals surface area contributed by atoms with E-state index in [1.54, 1.807) is 6.20 Å². The van der Waals surface area contributed by atoms with Crippen LogP contribution < -0.4 is 15.8 Å². The summed E-state index contributed by atoms with van der Waals surface area (Å²) in [5.41, 5.74) is 0.988. The highest BCUT2D eigenvalue weighted by Crippen LogP contribution is 2.20. The highest BCUT2D eigenvalue weighted by atomic mass is 16.4. The van der Waals surface area contributed by atoms with Crippen LogP contribution in [-0.4, -0.2) is 41.8 Å². The van der Waals surface area contributed by atoms with Crippen molar-refractivity contribution in [1.82, 2.24) is 9.88 Å². The van der Waals surface area contributed by atoms with Crippen molar-refractivity contribution in [2.75, 3.05) is 31.1 Å². The van der Waals surface area contributed by atoms with Crippen molar-refractivity contribution in [2.24, 2.45) is 0 Å². The smallest absolute Gasteiger partial charge is 0.305 e. The van der Waals surface area contributed by atoms with Gasteiger partial charge in [-0.05, 0) is 29.7 Å². The Kier molecular flexibility index (Phi) is 4.11. The number of carboxylic acids is 1. The van der Waals surface area contributed by atoms with Crippen molar-refractivity contribution >= 4 is 22.4 Å². The Hall–Kier alpha value is -2.34. The first-order valence-electron chi connectivity index (χ1n) is 7.46. The molecule has 0 amide bonds. The van der Waals surface area contributed by atoms with Crippen LogP contribution >= 0.6 is 0 Å². The first-order valence-corrected chi connectivity index (χ1v) is 7.46. The first-order chi connectivity index (χ1) is 10.6. The van der Waals surface area contributed by atoms with E-state index < -0.39 is 5.97 Å². The Morgan fingerprint density at radius 2 is 2.00 bits per heavy atom. The number of hydrogen-bond acceptors (Lipinski definition) is 4. The Balaban J connectivity index is 1.91. The predicted octanol–water partition coefficient (Wildman–Crippen LogP) is 0.886. The lowest BCUT2D eigenvalue weighted by Gasteiger charge is -2.29. The van der Waals surface area contributed by atoms with Gasteiger partial charge in [0.25, 0.3) is 5.56 Å². The summed E-state index contributed by atoms with van der Waals surface area (Å²) in [6.07, 6.45) is 1.62. The average molecular weight is 301 g/mol. The molecule has 2 heterocycles. The molecule has 6 heteroatoms. The minimum absolute atomic E-state index is 0.0513. The van der Waals surface area contributed by atoms with Crippen LogP contribution in [0, 0.1) is 0 Å². The summed E-state index contributed by atoms with van der Waals surface area (Å²) < 4.78 is 1.46. The lowest BCUT2D eigenvalue weighted by Crippen LogP contribution is -2.43. The van der Waals surface area contributed by atoms with Crippen LogP contribution in [0.2, 0.25) is 0 Å². The molecular weight excluding hydrogens is 282 g/mol. The Bertz CT molecular complexity index is 748. The van der Waals surface area contributed by atoms with Crippen molar-refractivity contribution in [3.8, 4) is 0 Å². The van der Waals surface area contributed by atoms with Crippen LogP contribution in [0.25, 0.3) is 10.8 Å². The van der Waals surface area contributed by atoms with Gasteiger partial charge in [0.2, 0.25) is 0 Å². The fourth-order valence-corrected chi connectivity index (χ4v) is 2.79. The normalized spacial score (nSPS) is 15.2. The number of fused-ring (bicyclic) bond motifs is 1. The zero-order valence-electron chi connectivity index (χ0n) is 12.3. The number of aryl methyl sites for hydroxylation is 1. The first kappa shape index (κ1) is 14.6. The summed E-state index contributed by atoms with van der Waals surface area (Å²) in [6.45, 7) is 4.05. The zero-order chi connectivity index (χ0) is 15.5. The Labute approximate surface area is 128 Å². The molecule has 2 N–H and O–H groups in total. The van der Waals surface area contributed by atoms with Crippen LogP contribution in [-0.2, 0) is 11.3 Å². The second-order valence-electron chi connectivity index (χ2n) is 5.47. The molecule has 1 fully saturated rings. The molecule has 0 unspecified atom stereocenters. The van der Waals surface area contributed by atoms with Crippen LogP contribution in [0.4, 0.5) is 5.69 Å². The molecule has 22 heavy (non-hydrogen) atoms. The third-order valence-electron chi connectivity index (χ3n) is 4.01. The summed E-state index contributed by atoms with van der Waals surface area (Å²) in [5, 5.41) is 13.6. The summed E-state index contributed by atoms with van der Waals surface area (Å²) in [7, 11) is 0. The van der Waals surface area contributed by atoms with Gasteiger partial charge in [0.05, 0.1) is 6.42 Å². The minimum atomic E-state index is -0.902. The molecule has 1 saturated heterocycles. The molecule has 0 spiro atoms. The molecule has 0 bridgehead atoms. The Morgan fingerprint density at radius 3 is 2.73 bits per heavy atom. The van der Waals surface area contributed by atoms with E-state index in [-0.39, 0.29) is 18.5 Å². The van der Waals surface area contributed by atoms with Gasteiger partial charge in [0.1, 0.15) is 0 Å². The monoisotopic (exact) mass is 301 g/mol. The SMILES string of the molecule is O=C(O)CCn1ccc2cc(N3CCNCC3)ccc2c1=O. The summed E-state index contributed by atoms with van der Waals surface area (Å²) in [5.74, 6) is -0.902. The molecule has 0 radical (unpaired) electrons. The number of nitrogens with zero attached hydrogens (tertiary/aromatic N) is 2. The summed E-state index contributed by atoms with van der Waals surface area (Å²) in [4.78, 5) is 25.3. The fraction of sp³-hybridized carbons (Fsp3) is 0.375. The number of benzene rings is 1. The number of carbonyl (C=O) groups is 1. The van der Waals surface area contributed by atoms with Gasteiger partial charge in [-0.25, -0.2) is 0 Å². The van der Waals surface area contributed by atoms with Crippen molar-refractivity contribution in [1.29, 1.82) is 0 Å². The van der Waals surface area contributed by atoms with Crippen LogP contribution in [0.3, 0.4) is 0 Å². The maximum absolute atomic E-state index is 12.4. The molecule has 1 aromatic carbocycles. The second-order valence-corrected chi connectivity index (χ2v) is 5.47. The van der Waals surface area contributed by atoms with E-state index in [0.29, 0.717) is 5.39 Å². The third kappa shape index (κ3) is 2.96. The van der Waals surface area contributed by atoms with E-state index in [2.05, 4.69) is 10.2 Å². The third-order valence-corrected chi connectivity index (χ3v) is 4.01. The van der Waals surface area contributed by atoms with Crippen molar-refractivity contribution in [2.45, 2.75) is 13.0 Å². The number of aromatic nitrogens is 1. The van der Waals surface area contributed by atoms with E-state index in [4.69, 9.17) is 5.11 Å². The largest absolute Gasteiger partial charge is 0.481 e. The second kappa shape index (κ2) is 6.19. The number of nitrogens with one attached hydrogen (secondary N) is 1. The predicted molar refractivity (Wildman–Crippen MR) is 85.5 cm³/mol. The van der Waals surface area contributed by atoms with Crippen LogP contribution in [0.1, 0.15) is 6.42 Å². The number of anilines is 1. The van der Waals surface area contributed by atoms with Gasteiger partial charge >= 0.3 is 5.97 Å². The number of pyridine rings is 1. The summed E-state index contributed by atoms with van der Waals surface area (Å²) >= 11 is 0. The van der Waals surface area contributed by atoms with Crippen molar-refractivity contribution in [3.05, 3.63) is 40.8 Å². The van der Waals surface area contributed by atoms with Gasteiger partial charge in [-0.3, -0.25) is 9.59 Å². The van der Waals surface area contributed by atoms with E-state index in [0.717, 1.165) is 37.3 Å². The van der Waals surface area contributed by atoms with Crippen LogP contribution in [0.15, 0.2) is 35.3 Å². The maximum Gasteiger partial charge on any atom is 0.305 e. The topological polar surface area (TPSA) is 74.6 Å². The lowest BCUT2D eigenvalue weighted by molar-refractivity contribution is -0.137. The molecule has 0 aliphatic carbocycles. The van der Waals surface area contributed by atoms with E-state index in [9.17, 15) is 9.59 Å². The zero-order valence-corrected chi connectivity index (χ0v) is 12.3. The number of carboxylic acid groups (broad SMARTS) is 1. The van der Waals surface area contributed by atoms with E-state index >= 15 is 0 Å². The quantitative estimate of drug-likeness (QED) is 0.877. The maximum atomic E-state index is 12.4. The van der Waals surface area contributed by atoms with E-state index in [1.807, 2.05) is 24.3 Å². The van der Waals surface area contributed by atoms with Gasteiger partial charge in [-0.2, -0.15) is 0 Å². The van der Waals surface area contributed by atoms with Crippen LogP contribution in [0.5, 0.6) is 0 Å². The lowest BCUT2D eigenvalue weighted by atomic mass is 10.1. The molecular formula is C16H19N3O3. The average Bonchev–Trinajstić information content (AvgIpc) is 2.54. The van der Waals surface area contributed by atoms with Gasteiger partial charge < -0.3 is 19.9 Å². The highest BCUT2D eigenvalue weighted by Gasteiger charge is 2.12. The molecule has 2 aromatic rings. The molecule has 6 nitrogen and oxygen atoms in total.